The van der Waals surface area contributed by atoms with Gasteiger partial charge in [0.05, 0.1) is 6.54 Å². The molecule has 154 valence electrons. The lowest BCUT2D eigenvalue weighted by Gasteiger charge is -2.38. The molecule has 1 saturated carbocycles. The first-order valence-electron chi connectivity index (χ1n) is 10.1. The Morgan fingerprint density at radius 3 is 2.68 bits per heavy atom. The van der Waals surface area contributed by atoms with Crippen LogP contribution in [0.1, 0.15) is 39.0 Å². The highest BCUT2D eigenvalue weighted by Crippen LogP contribution is 2.31. The van der Waals surface area contributed by atoms with Gasteiger partial charge in [-0.05, 0) is 24.7 Å². The number of carbonyl (C=O) groups excluding carboxylic acids is 1. The van der Waals surface area contributed by atoms with Gasteiger partial charge in [-0.25, -0.2) is 4.79 Å². The number of aromatic nitrogens is 2. The van der Waals surface area contributed by atoms with Gasteiger partial charge in [0, 0.05) is 43.7 Å². The topological polar surface area (TPSA) is 106 Å². The molecule has 0 aromatic carbocycles. The van der Waals surface area contributed by atoms with E-state index in [-0.39, 0.29) is 11.8 Å². The molecule has 2 fully saturated rings. The van der Waals surface area contributed by atoms with E-state index in [0.717, 1.165) is 25.9 Å². The maximum Gasteiger partial charge on any atom is 0.415 e. The van der Waals surface area contributed by atoms with Crippen molar-refractivity contribution in [2.24, 2.45) is 0 Å². The van der Waals surface area contributed by atoms with Gasteiger partial charge in [0.2, 0.25) is 0 Å². The van der Waals surface area contributed by atoms with Gasteiger partial charge in [0.1, 0.15) is 11.8 Å². The summed E-state index contributed by atoms with van der Waals surface area (Å²) in [5.74, 6) is -0.186. The summed E-state index contributed by atoms with van der Waals surface area (Å²) in [6, 6.07) is 0.693. The number of imidazole rings is 1. The third-order valence-electron chi connectivity index (χ3n) is 5.91. The van der Waals surface area contributed by atoms with Crippen LogP contribution in [-0.2, 0) is 6.54 Å². The number of fused-ring (bicyclic) bond motifs is 1. The second kappa shape index (κ2) is 7.57. The largest absolute Gasteiger partial charge is 0.436 e. The molecule has 0 spiro atoms. The molecule has 3 aliphatic rings. The molecule has 28 heavy (non-hydrogen) atoms. The highest BCUT2D eigenvalue weighted by atomic mass is 16.6. The molecular weight excluding hydrogens is 364 g/mol. The van der Waals surface area contributed by atoms with E-state index in [2.05, 4.69) is 15.2 Å². The lowest BCUT2D eigenvalue weighted by Crippen LogP contribution is -2.56. The number of nitrogens with one attached hydrogen (secondary N) is 1. The van der Waals surface area contributed by atoms with E-state index >= 15 is 0 Å². The van der Waals surface area contributed by atoms with Crippen LogP contribution >= 0.6 is 0 Å². The third kappa shape index (κ3) is 4.06. The van der Waals surface area contributed by atoms with Crippen molar-refractivity contribution in [1.82, 2.24) is 24.7 Å². The highest BCUT2D eigenvalue weighted by molar-refractivity contribution is 5.74. The first-order valence-corrected chi connectivity index (χ1v) is 10.1. The summed E-state index contributed by atoms with van der Waals surface area (Å²) in [7, 11) is 0. The maximum absolute atomic E-state index is 12.5. The summed E-state index contributed by atoms with van der Waals surface area (Å²) in [5, 5.41) is 14.0. The van der Waals surface area contributed by atoms with Crippen LogP contribution in [0.4, 0.5) is 10.6 Å². The third-order valence-corrected chi connectivity index (χ3v) is 5.91. The van der Waals surface area contributed by atoms with Crippen LogP contribution < -0.4 is 10.1 Å². The van der Waals surface area contributed by atoms with Gasteiger partial charge >= 0.3 is 17.9 Å². The Morgan fingerprint density at radius 2 is 2.04 bits per heavy atom. The zero-order valence-electron chi connectivity index (χ0n) is 16.3. The summed E-state index contributed by atoms with van der Waals surface area (Å²) in [5.41, 5.74) is -0.468. The molecule has 0 unspecified atom stereocenters. The molecule has 1 aromatic rings. The van der Waals surface area contributed by atoms with Crippen LogP contribution in [0.2, 0.25) is 0 Å². The number of hydrogen-bond acceptors (Lipinski definition) is 6. The molecule has 4 rings (SSSR count). The number of nitro groups is 1. The van der Waals surface area contributed by atoms with Gasteiger partial charge in [-0.3, -0.25) is 9.47 Å². The molecule has 1 atom stereocenters. The SMILES string of the molecule is C[C@]1(CN2CCN(C(=O)NC3CCCCC3)CC2)Cn2cc([N+](=O)[O-])nc2O1. The fraction of sp³-hybridized carbons (Fsp3) is 0.778. The van der Waals surface area contributed by atoms with Crippen molar-refractivity contribution in [1.29, 1.82) is 0 Å². The molecule has 10 nitrogen and oxygen atoms in total. The molecule has 1 aromatic heterocycles. The zero-order chi connectivity index (χ0) is 19.7. The van der Waals surface area contributed by atoms with Gasteiger partial charge in [-0.1, -0.05) is 19.3 Å². The van der Waals surface area contributed by atoms with Crippen molar-refractivity contribution < 1.29 is 14.5 Å². The number of carbonyl (C=O) groups is 1. The molecule has 3 heterocycles. The Balaban J connectivity index is 1.24. The second-order valence-corrected chi connectivity index (χ2v) is 8.37. The fourth-order valence-electron chi connectivity index (χ4n) is 4.46. The van der Waals surface area contributed by atoms with Crippen molar-refractivity contribution in [3.05, 3.63) is 16.3 Å². The fourth-order valence-corrected chi connectivity index (χ4v) is 4.46. The molecule has 2 amide bonds. The molecule has 10 heteroatoms. The smallest absolute Gasteiger partial charge is 0.415 e. The van der Waals surface area contributed by atoms with Crippen LogP contribution in [0, 0.1) is 10.1 Å². The Labute approximate surface area is 164 Å². The summed E-state index contributed by atoms with van der Waals surface area (Å²) in [6.45, 7) is 6.21. The number of nitrogens with zero attached hydrogens (tertiary/aromatic N) is 5. The average molecular weight is 392 g/mol. The number of amides is 2. The minimum absolute atomic E-state index is 0.0577. The van der Waals surface area contributed by atoms with Crippen LogP contribution in [0.3, 0.4) is 0 Å². The molecular formula is C18H28N6O4. The van der Waals surface area contributed by atoms with Crippen LogP contribution in [0.25, 0.3) is 0 Å². The van der Waals surface area contributed by atoms with E-state index in [1.807, 2.05) is 11.8 Å². The first kappa shape index (κ1) is 19.0. The second-order valence-electron chi connectivity index (χ2n) is 8.37. The van der Waals surface area contributed by atoms with Crippen LogP contribution in [0.15, 0.2) is 6.20 Å². The molecule has 0 radical (unpaired) electrons. The van der Waals surface area contributed by atoms with E-state index in [4.69, 9.17) is 4.74 Å². The Bertz CT molecular complexity index is 713. The van der Waals surface area contributed by atoms with E-state index in [1.54, 1.807) is 4.57 Å². The van der Waals surface area contributed by atoms with Gasteiger partial charge in [-0.15, -0.1) is 0 Å². The van der Waals surface area contributed by atoms with Gasteiger partial charge in [0.25, 0.3) is 0 Å². The quantitative estimate of drug-likeness (QED) is 0.616. The Kier molecular flexibility index (Phi) is 5.13. The van der Waals surface area contributed by atoms with Crippen molar-refractivity contribution in [3.8, 4) is 6.01 Å². The van der Waals surface area contributed by atoms with E-state index in [9.17, 15) is 14.9 Å². The molecule has 1 aliphatic carbocycles. The number of hydrogen-bond donors (Lipinski definition) is 1. The molecule has 2 aliphatic heterocycles. The van der Waals surface area contributed by atoms with Gasteiger partial charge in [-0.2, -0.15) is 0 Å². The lowest BCUT2D eigenvalue weighted by atomic mass is 9.96. The van der Waals surface area contributed by atoms with Crippen molar-refractivity contribution in [2.45, 2.75) is 57.2 Å². The first-order chi connectivity index (χ1) is 13.4. The lowest BCUT2D eigenvalue weighted by molar-refractivity contribution is -0.389. The predicted octanol–water partition coefficient (Wildman–Crippen LogP) is 1.60. The summed E-state index contributed by atoms with van der Waals surface area (Å²) >= 11 is 0. The minimum Gasteiger partial charge on any atom is -0.436 e. The molecule has 1 saturated heterocycles. The Hall–Kier alpha value is -2.36. The number of ether oxygens (including phenoxy) is 1. The van der Waals surface area contributed by atoms with Crippen molar-refractivity contribution >= 4 is 11.8 Å². The maximum atomic E-state index is 12.5. The molecule has 0 bridgehead atoms. The predicted molar refractivity (Wildman–Crippen MR) is 101 cm³/mol. The number of rotatable bonds is 4. The van der Waals surface area contributed by atoms with E-state index in [0.29, 0.717) is 38.2 Å². The monoisotopic (exact) mass is 392 g/mol. The normalized spacial score (nSPS) is 26.0. The zero-order valence-corrected chi connectivity index (χ0v) is 16.3. The summed E-state index contributed by atoms with van der Waals surface area (Å²) < 4.78 is 7.62. The van der Waals surface area contributed by atoms with Crippen LogP contribution in [-0.4, -0.2) is 74.7 Å². The van der Waals surface area contributed by atoms with E-state index < -0.39 is 10.5 Å². The Morgan fingerprint density at radius 1 is 1.32 bits per heavy atom. The molecule has 1 N–H and O–H groups in total. The van der Waals surface area contributed by atoms with Gasteiger partial charge in [0.15, 0.2) is 0 Å². The number of urea groups is 1. The van der Waals surface area contributed by atoms with Crippen molar-refractivity contribution in [2.75, 3.05) is 32.7 Å². The highest BCUT2D eigenvalue weighted by Gasteiger charge is 2.42. The summed E-state index contributed by atoms with van der Waals surface area (Å²) in [6.07, 6.45) is 7.30. The number of piperazine rings is 1. The van der Waals surface area contributed by atoms with E-state index in [1.165, 1.54) is 25.5 Å². The van der Waals surface area contributed by atoms with Gasteiger partial charge < -0.3 is 25.1 Å². The van der Waals surface area contributed by atoms with Crippen molar-refractivity contribution in [3.63, 3.8) is 0 Å². The average Bonchev–Trinajstić information content (AvgIpc) is 3.18. The standard InChI is InChI=1S/C18H28N6O4/c1-18(13-23-11-15(24(26)27)20-17(23)28-18)12-21-7-9-22(10-8-21)16(25)19-14-5-3-2-4-6-14/h11,14H,2-10,12-13H2,1H3,(H,19,25)/t18-/m0/s1. The van der Waals surface area contributed by atoms with Crippen LogP contribution in [0.5, 0.6) is 6.01 Å². The minimum atomic E-state index is -0.510. The summed E-state index contributed by atoms with van der Waals surface area (Å²) in [4.78, 5) is 30.9.